The third-order valence-corrected chi connectivity index (χ3v) is 6.93. The summed E-state index contributed by atoms with van der Waals surface area (Å²) in [6.45, 7) is 0. The highest BCUT2D eigenvalue weighted by Gasteiger charge is 2.20. The first kappa shape index (κ1) is 17.1. The van der Waals surface area contributed by atoms with Crippen molar-refractivity contribution in [1.29, 1.82) is 0 Å². The number of para-hydroxylation sites is 3. The molecule has 0 aliphatic rings. The van der Waals surface area contributed by atoms with Gasteiger partial charge in [0.05, 0.1) is 22.1 Å². The number of aromatic amines is 1. The summed E-state index contributed by atoms with van der Waals surface area (Å²) >= 11 is 0. The van der Waals surface area contributed by atoms with Crippen LogP contribution >= 0.6 is 0 Å². The molecule has 33 heavy (non-hydrogen) atoms. The predicted octanol–water partition coefficient (Wildman–Crippen LogP) is 8.32. The van der Waals surface area contributed by atoms with E-state index in [1.54, 1.807) is 0 Å². The normalized spacial score (nSPS) is 12.2. The molecule has 0 saturated heterocycles. The zero-order valence-corrected chi connectivity index (χ0v) is 17.7. The molecular weight excluding hydrogens is 404 g/mol. The Labute approximate surface area is 188 Å². The number of H-pyrrole nitrogens is 1. The molecule has 154 valence electrons. The van der Waals surface area contributed by atoms with Gasteiger partial charge in [0.1, 0.15) is 11.2 Å². The van der Waals surface area contributed by atoms with Gasteiger partial charge in [-0.25, -0.2) is 0 Å². The maximum Gasteiger partial charge on any atom is 0.137 e. The Morgan fingerprint density at radius 1 is 0.485 bits per heavy atom. The molecule has 3 nitrogen and oxygen atoms in total. The Balaban J connectivity index is 1.63. The fourth-order valence-corrected chi connectivity index (χ4v) is 5.60. The molecule has 0 amide bonds. The molecule has 0 spiro atoms. The summed E-state index contributed by atoms with van der Waals surface area (Å²) in [5.74, 6) is 0. The fraction of sp³-hybridized carbons (Fsp3) is 0. The van der Waals surface area contributed by atoms with Gasteiger partial charge in [0.15, 0.2) is 0 Å². The number of benzene rings is 5. The highest BCUT2D eigenvalue weighted by Crippen LogP contribution is 2.42. The number of rotatable bonds is 1. The van der Waals surface area contributed by atoms with Crippen molar-refractivity contribution >= 4 is 65.6 Å². The Hall–Kier alpha value is -4.50. The summed E-state index contributed by atoms with van der Waals surface area (Å²) in [6, 6.07) is 36.4. The topological polar surface area (TPSA) is 33.9 Å². The number of fused-ring (bicyclic) bond motifs is 10. The molecule has 3 aromatic heterocycles. The SMILES string of the molecule is c1ccc2c(c1)[nH]c1ccc3c(c4ccccc4n3-c3cccc4oc5ccccc5c34)c12. The van der Waals surface area contributed by atoms with Crippen LogP contribution in [0.3, 0.4) is 0 Å². The van der Waals surface area contributed by atoms with Crippen LogP contribution < -0.4 is 0 Å². The van der Waals surface area contributed by atoms with E-state index in [2.05, 4.69) is 101 Å². The van der Waals surface area contributed by atoms with E-state index in [1.165, 1.54) is 43.6 Å². The van der Waals surface area contributed by atoms with Crippen molar-refractivity contribution in [3.63, 3.8) is 0 Å². The molecule has 0 saturated carbocycles. The van der Waals surface area contributed by atoms with Crippen molar-refractivity contribution in [2.24, 2.45) is 0 Å². The molecular formula is C30H18N2O. The van der Waals surface area contributed by atoms with Gasteiger partial charge in [-0.15, -0.1) is 0 Å². The van der Waals surface area contributed by atoms with Crippen LogP contribution in [-0.2, 0) is 0 Å². The molecule has 0 bridgehead atoms. The second-order valence-electron chi connectivity index (χ2n) is 8.65. The number of aromatic nitrogens is 2. The lowest BCUT2D eigenvalue weighted by Crippen LogP contribution is -1.94. The minimum Gasteiger partial charge on any atom is -0.456 e. The first-order chi connectivity index (χ1) is 16.4. The lowest BCUT2D eigenvalue weighted by atomic mass is 10.1. The average molecular weight is 422 g/mol. The van der Waals surface area contributed by atoms with E-state index in [-0.39, 0.29) is 0 Å². The zero-order chi connectivity index (χ0) is 21.5. The summed E-state index contributed by atoms with van der Waals surface area (Å²) in [7, 11) is 0. The van der Waals surface area contributed by atoms with E-state index in [0.717, 1.165) is 27.6 Å². The standard InChI is InChI=1S/C30H18N2O/c1-4-11-21-18(8-1)28-22(31-21)16-17-25-30(28)19-9-2-5-12-23(19)32(25)24-13-7-15-27-29(24)20-10-3-6-14-26(20)33-27/h1-17,31H. The van der Waals surface area contributed by atoms with Crippen LogP contribution in [0.5, 0.6) is 0 Å². The third-order valence-electron chi connectivity index (χ3n) is 6.93. The third kappa shape index (κ3) is 2.14. The van der Waals surface area contributed by atoms with Crippen molar-refractivity contribution in [3.8, 4) is 5.69 Å². The lowest BCUT2D eigenvalue weighted by molar-refractivity contribution is 0.669. The maximum absolute atomic E-state index is 6.21. The second-order valence-corrected chi connectivity index (χ2v) is 8.65. The summed E-state index contributed by atoms with van der Waals surface area (Å²) < 4.78 is 8.61. The van der Waals surface area contributed by atoms with E-state index in [9.17, 15) is 0 Å². The number of furan rings is 1. The van der Waals surface area contributed by atoms with Crippen LogP contribution in [0, 0.1) is 0 Å². The van der Waals surface area contributed by atoms with Gasteiger partial charge in [-0.1, -0.05) is 60.7 Å². The maximum atomic E-state index is 6.21. The van der Waals surface area contributed by atoms with Gasteiger partial charge in [-0.2, -0.15) is 0 Å². The van der Waals surface area contributed by atoms with Crippen molar-refractivity contribution in [2.75, 3.05) is 0 Å². The molecule has 8 aromatic rings. The van der Waals surface area contributed by atoms with Crippen LogP contribution in [0.25, 0.3) is 71.2 Å². The van der Waals surface area contributed by atoms with E-state index in [0.29, 0.717) is 0 Å². The minimum atomic E-state index is 0.910. The summed E-state index contributed by atoms with van der Waals surface area (Å²) in [5.41, 5.74) is 7.70. The molecule has 0 aliphatic carbocycles. The van der Waals surface area contributed by atoms with Crippen LogP contribution in [0.2, 0.25) is 0 Å². The van der Waals surface area contributed by atoms with E-state index in [1.807, 2.05) is 12.1 Å². The number of hydrogen-bond donors (Lipinski definition) is 1. The van der Waals surface area contributed by atoms with Crippen LogP contribution in [0.15, 0.2) is 108 Å². The van der Waals surface area contributed by atoms with Gasteiger partial charge in [0, 0.05) is 38.0 Å². The highest BCUT2D eigenvalue weighted by molar-refractivity contribution is 6.28. The summed E-state index contributed by atoms with van der Waals surface area (Å²) in [6.07, 6.45) is 0. The van der Waals surface area contributed by atoms with Crippen molar-refractivity contribution in [1.82, 2.24) is 9.55 Å². The van der Waals surface area contributed by atoms with Gasteiger partial charge in [0.25, 0.3) is 0 Å². The number of nitrogens with zero attached hydrogens (tertiary/aromatic N) is 1. The summed E-state index contributed by atoms with van der Waals surface area (Å²) in [4.78, 5) is 3.61. The molecule has 1 N–H and O–H groups in total. The van der Waals surface area contributed by atoms with Crippen LogP contribution in [0.1, 0.15) is 0 Å². The van der Waals surface area contributed by atoms with Gasteiger partial charge in [-0.3, -0.25) is 0 Å². The van der Waals surface area contributed by atoms with Gasteiger partial charge >= 0.3 is 0 Å². The first-order valence-corrected chi connectivity index (χ1v) is 11.2. The van der Waals surface area contributed by atoms with Gasteiger partial charge < -0.3 is 14.0 Å². The van der Waals surface area contributed by atoms with E-state index >= 15 is 0 Å². The summed E-state index contributed by atoms with van der Waals surface area (Å²) in [5, 5.41) is 7.37. The monoisotopic (exact) mass is 422 g/mol. The van der Waals surface area contributed by atoms with Crippen molar-refractivity contribution in [3.05, 3.63) is 103 Å². The Morgan fingerprint density at radius 2 is 1.24 bits per heavy atom. The molecule has 0 atom stereocenters. The molecule has 8 rings (SSSR count). The molecule has 0 unspecified atom stereocenters. The smallest absolute Gasteiger partial charge is 0.137 e. The number of hydrogen-bond acceptors (Lipinski definition) is 1. The minimum absolute atomic E-state index is 0.910. The van der Waals surface area contributed by atoms with Crippen molar-refractivity contribution in [2.45, 2.75) is 0 Å². The highest BCUT2D eigenvalue weighted by atomic mass is 16.3. The van der Waals surface area contributed by atoms with Crippen LogP contribution in [0.4, 0.5) is 0 Å². The Bertz CT molecular complexity index is 2030. The molecule has 3 heterocycles. The lowest BCUT2D eigenvalue weighted by Gasteiger charge is -2.09. The average Bonchev–Trinajstić information content (AvgIpc) is 3.52. The fourth-order valence-electron chi connectivity index (χ4n) is 5.60. The second kappa shape index (κ2) is 6.05. The number of nitrogens with one attached hydrogen (secondary N) is 1. The quantitative estimate of drug-likeness (QED) is 0.283. The Morgan fingerprint density at radius 3 is 2.18 bits per heavy atom. The van der Waals surface area contributed by atoms with Gasteiger partial charge in [-0.05, 0) is 42.5 Å². The Kier molecular flexibility index (Phi) is 3.14. The van der Waals surface area contributed by atoms with E-state index in [4.69, 9.17) is 4.42 Å². The zero-order valence-electron chi connectivity index (χ0n) is 17.7. The van der Waals surface area contributed by atoms with Gasteiger partial charge in [0.2, 0.25) is 0 Å². The molecule has 0 radical (unpaired) electrons. The molecule has 3 heteroatoms. The molecule has 0 fully saturated rings. The first-order valence-electron chi connectivity index (χ1n) is 11.2. The van der Waals surface area contributed by atoms with E-state index < -0.39 is 0 Å². The molecule has 5 aromatic carbocycles. The van der Waals surface area contributed by atoms with Crippen LogP contribution in [-0.4, -0.2) is 9.55 Å². The van der Waals surface area contributed by atoms with Crippen molar-refractivity contribution < 1.29 is 4.42 Å². The predicted molar refractivity (Wildman–Crippen MR) is 137 cm³/mol. The molecule has 0 aliphatic heterocycles. The largest absolute Gasteiger partial charge is 0.456 e.